The summed E-state index contributed by atoms with van der Waals surface area (Å²) in [5.41, 5.74) is 0. The maximum Gasteiger partial charge on any atom is 5.00 e. The SMILES string of the molecule is O=P([O-])([O-])[O-].[Li+].[S+2].[V+5]. The molecule has 0 saturated heterocycles. The Kier molecular flexibility index (Phi) is 24.4. The van der Waals surface area contributed by atoms with Crippen molar-refractivity contribution in [3.8, 4) is 0 Å². The summed E-state index contributed by atoms with van der Waals surface area (Å²) in [6, 6.07) is 0. The molecule has 0 aromatic heterocycles. The van der Waals surface area contributed by atoms with Crippen molar-refractivity contribution in [1.29, 1.82) is 0 Å². The molecule has 0 atom stereocenters. The molecule has 0 rings (SSSR count). The first-order valence-corrected chi connectivity index (χ1v) is 2.19. The second-order valence-corrected chi connectivity index (χ2v) is 1.34. The van der Waals surface area contributed by atoms with Crippen molar-refractivity contribution in [2.45, 2.75) is 0 Å². The summed E-state index contributed by atoms with van der Waals surface area (Å²) in [5.74, 6) is 0. The van der Waals surface area contributed by atoms with Crippen LogP contribution in [0.3, 0.4) is 0 Å². The molecule has 0 aromatic rings. The molecule has 36 valence electrons. The molecule has 0 bridgehead atoms. The molecule has 0 N–H and O–H groups in total. The molecule has 8 heteroatoms. The fraction of sp³-hybridized carbons (Fsp3) is 0. The minimum atomic E-state index is -5.39. The third kappa shape index (κ3) is 125. The average molecular weight is 185 g/mol. The fourth-order valence-electron chi connectivity index (χ4n) is 0. The van der Waals surface area contributed by atoms with Crippen LogP contribution in [0.2, 0.25) is 0 Å². The van der Waals surface area contributed by atoms with Gasteiger partial charge < -0.3 is 19.2 Å². The molecule has 4 nitrogen and oxygen atoms in total. The van der Waals surface area contributed by atoms with Gasteiger partial charge in [-0.25, -0.2) is 0 Å². The molecular weight excluding hydrogens is 185 g/mol. The Hall–Kier alpha value is 1.64. The standard InChI is InChI=1S/Li.H3O4P.S.V/c;1-5(2,3)4;;/h;(H3,1,2,3,4);;/q+1;;+2;+5/p-3. The van der Waals surface area contributed by atoms with Crippen LogP contribution in [0.4, 0.5) is 0 Å². The smallest absolute Gasteiger partial charge is 0.822 e. The van der Waals surface area contributed by atoms with Gasteiger partial charge in [0, 0.05) is 0 Å². The first-order valence-electron chi connectivity index (χ1n) is 0.730. The summed E-state index contributed by atoms with van der Waals surface area (Å²) < 4.78 is 8.55. The Labute approximate surface area is 77.8 Å². The van der Waals surface area contributed by atoms with E-state index < -0.39 is 7.82 Å². The van der Waals surface area contributed by atoms with E-state index in [4.69, 9.17) is 19.2 Å². The van der Waals surface area contributed by atoms with E-state index >= 15 is 0 Å². The van der Waals surface area contributed by atoms with Crippen LogP contribution in [-0.4, -0.2) is 0 Å². The van der Waals surface area contributed by atoms with Crippen molar-refractivity contribution in [3.05, 3.63) is 0 Å². The van der Waals surface area contributed by atoms with E-state index in [-0.39, 0.29) is 50.9 Å². The fourth-order valence-corrected chi connectivity index (χ4v) is 0. The van der Waals surface area contributed by atoms with Gasteiger partial charge in [0.1, 0.15) is 0 Å². The Morgan fingerprint density at radius 2 is 1.12 bits per heavy atom. The van der Waals surface area contributed by atoms with E-state index in [1.165, 1.54) is 0 Å². The third-order valence-corrected chi connectivity index (χ3v) is 0. The normalized spacial score (nSPS) is 7.38. The van der Waals surface area contributed by atoms with Crippen molar-refractivity contribution < 1.29 is 56.7 Å². The average Bonchev–Trinajstić information content (AvgIpc) is 0.722. The van der Waals surface area contributed by atoms with Gasteiger partial charge in [-0.2, -0.15) is 7.82 Å². The molecule has 0 fully saturated rings. The molecule has 0 spiro atoms. The molecule has 0 aliphatic carbocycles. The van der Waals surface area contributed by atoms with Crippen LogP contribution < -0.4 is 33.5 Å². The molecular formula is LiO4PSV+5. The second-order valence-electron chi connectivity index (χ2n) is 0.447. The van der Waals surface area contributed by atoms with Crippen LogP contribution in [0.25, 0.3) is 0 Å². The number of rotatable bonds is 0. The molecule has 0 heterocycles. The van der Waals surface area contributed by atoms with Crippen LogP contribution in [0.5, 0.6) is 0 Å². The molecule has 0 aromatic carbocycles. The van der Waals surface area contributed by atoms with Gasteiger partial charge in [-0.1, -0.05) is 0 Å². The predicted molar refractivity (Wildman–Crippen MR) is 15.0 cm³/mol. The number of phosphoric acid groups is 1. The zero-order valence-electron chi connectivity index (χ0n) is 3.94. The summed E-state index contributed by atoms with van der Waals surface area (Å²) in [6.45, 7) is 0. The molecule has 0 aliphatic heterocycles. The maximum atomic E-state index is 8.55. The van der Waals surface area contributed by atoms with Crippen molar-refractivity contribution in [1.82, 2.24) is 0 Å². The van der Waals surface area contributed by atoms with Crippen molar-refractivity contribution >= 4 is 21.3 Å². The quantitative estimate of drug-likeness (QED) is 0.278. The number of hydrogen-bond acceptors (Lipinski definition) is 4. The molecule has 4 radical (unpaired) electrons. The largest absolute Gasteiger partial charge is 5.00 e. The van der Waals surface area contributed by atoms with E-state index in [0.29, 0.717) is 0 Å². The number of hydrogen-bond donors (Lipinski definition) is 0. The van der Waals surface area contributed by atoms with E-state index in [9.17, 15) is 0 Å². The van der Waals surface area contributed by atoms with E-state index in [2.05, 4.69) is 0 Å². The van der Waals surface area contributed by atoms with Crippen LogP contribution in [0.15, 0.2) is 0 Å². The second kappa shape index (κ2) is 8.64. The van der Waals surface area contributed by atoms with E-state index in [1.54, 1.807) is 0 Å². The summed E-state index contributed by atoms with van der Waals surface area (Å²) in [4.78, 5) is 25.6. The zero-order valence-corrected chi connectivity index (χ0v) is 7.04. The summed E-state index contributed by atoms with van der Waals surface area (Å²) in [7, 11) is -5.39. The Balaban J connectivity index is -0.0000000267. The van der Waals surface area contributed by atoms with Gasteiger partial charge in [0.2, 0.25) is 0 Å². The molecule has 0 aliphatic rings. The van der Waals surface area contributed by atoms with Crippen LogP contribution in [-0.2, 0) is 36.6 Å². The Morgan fingerprint density at radius 3 is 1.12 bits per heavy atom. The molecule has 0 saturated carbocycles. The van der Waals surface area contributed by atoms with Crippen molar-refractivity contribution in [2.75, 3.05) is 0 Å². The molecule has 0 amide bonds. The van der Waals surface area contributed by atoms with Gasteiger partial charge >= 0.3 is 50.9 Å². The minimum absolute atomic E-state index is 0. The monoisotopic (exact) mass is 185 g/mol. The van der Waals surface area contributed by atoms with Gasteiger partial charge in [0.15, 0.2) is 0 Å². The maximum absolute atomic E-state index is 8.55. The summed E-state index contributed by atoms with van der Waals surface area (Å²) in [6.07, 6.45) is 0. The van der Waals surface area contributed by atoms with Gasteiger partial charge in [-0.3, -0.25) is 0 Å². The van der Waals surface area contributed by atoms with Crippen LogP contribution in [0, 0.1) is 0 Å². The van der Waals surface area contributed by atoms with E-state index in [1.807, 2.05) is 0 Å². The summed E-state index contributed by atoms with van der Waals surface area (Å²) >= 11 is 0. The van der Waals surface area contributed by atoms with Gasteiger partial charge in [0.25, 0.3) is 0 Å². The minimum Gasteiger partial charge on any atom is -0.822 e. The Morgan fingerprint density at radius 1 is 1.12 bits per heavy atom. The van der Waals surface area contributed by atoms with Gasteiger partial charge in [0.05, 0.1) is 0 Å². The van der Waals surface area contributed by atoms with Crippen molar-refractivity contribution in [2.24, 2.45) is 0 Å². The predicted octanol–water partition coefficient (Wildman–Crippen LogP) is -5.83. The van der Waals surface area contributed by atoms with Crippen molar-refractivity contribution in [3.63, 3.8) is 0 Å². The first-order chi connectivity index (χ1) is 2.00. The van der Waals surface area contributed by atoms with Crippen LogP contribution >= 0.6 is 7.82 Å². The zero-order chi connectivity index (χ0) is 4.50. The van der Waals surface area contributed by atoms with Gasteiger partial charge in [-0.15, -0.1) is 0 Å². The molecule has 0 unspecified atom stereocenters. The topological polar surface area (TPSA) is 86.2 Å². The molecule has 8 heavy (non-hydrogen) atoms. The summed E-state index contributed by atoms with van der Waals surface area (Å²) in [5, 5.41) is 0. The van der Waals surface area contributed by atoms with E-state index in [0.717, 1.165) is 0 Å². The van der Waals surface area contributed by atoms with Crippen LogP contribution in [0.1, 0.15) is 0 Å². The first kappa shape index (κ1) is 22.6. The Bertz CT molecular complexity index is 62.2. The third-order valence-electron chi connectivity index (χ3n) is 0. The van der Waals surface area contributed by atoms with Gasteiger partial charge in [-0.05, 0) is 0 Å².